The maximum Gasteiger partial charge on any atom is 0.260 e. The van der Waals surface area contributed by atoms with E-state index in [2.05, 4.69) is 25.7 Å². The number of amides is 1. The molecule has 0 aliphatic rings. The molecule has 0 bridgehead atoms. The van der Waals surface area contributed by atoms with Gasteiger partial charge < -0.3 is 19.1 Å². The third kappa shape index (κ3) is 7.48. The summed E-state index contributed by atoms with van der Waals surface area (Å²) in [5.74, 6) is 1.97. The highest BCUT2D eigenvalue weighted by atomic mass is 35.5. The van der Waals surface area contributed by atoms with Crippen LogP contribution in [-0.4, -0.2) is 62.8 Å². The lowest BCUT2D eigenvalue weighted by atomic mass is 10.2. The van der Waals surface area contributed by atoms with Gasteiger partial charge in [-0.15, -0.1) is 12.4 Å². The van der Waals surface area contributed by atoms with E-state index in [-0.39, 0.29) is 18.3 Å². The smallest absolute Gasteiger partial charge is 0.260 e. The van der Waals surface area contributed by atoms with E-state index in [0.717, 1.165) is 54.9 Å². The van der Waals surface area contributed by atoms with Gasteiger partial charge in [0.05, 0.1) is 31.0 Å². The van der Waals surface area contributed by atoms with Crippen LogP contribution in [0.15, 0.2) is 36.4 Å². The molecule has 1 heterocycles. The first-order valence-electron chi connectivity index (χ1n) is 12.3. The summed E-state index contributed by atoms with van der Waals surface area (Å²) in [4.78, 5) is 22.5. The van der Waals surface area contributed by atoms with Crippen LogP contribution in [0.2, 0.25) is 0 Å². The number of aromatic nitrogens is 1. The van der Waals surface area contributed by atoms with Gasteiger partial charge in [-0.1, -0.05) is 44.9 Å². The number of hydrogen-bond acceptors (Lipinski definition) is 7. The van der Waals surface area contributed by atoms with Crippen molar-refractivity contribution in [2.45, 2.75) is 40.0 Å². The zero-order valence-corrected chi connectivity index (χ0v) is 23.5. The molecule has 0 saturated heterocycles. The zero-order chi connectivity index (χ0) is 25.2. The predicted octanol–water partition coefficient (Wildman–Crippen LogP) is 6.29. The number of anilines is 1. The van der Waals surface area contributed by atoms with Gasteiger partial charge in [0, 0.05) is 30.8 Å². The Morgan fingerprint density at radius 2 is 1.61 bits per heavy atom. The first-order valence-corrected chi connectivity index (χ1v) is 13.2. The summed E-state index contributed by atoms with van der Waals surface area (Å²) in [7, 11) is 3.22. The average Bonchev–Trinajstić information content (AvgIpc) is 3.30. The number of benzene rings is 2. The normalized spacial score (nSPS) is 10.8. The number of likely N-dealkylation sites (N-methyl/N-ethyl adjacent to an activating group) is 1. The Bertz CT molecular complexity index is 1050. The molecule has 1 aromatic heterocycles. The highest BCUT2D eigenvalue weighted by Gasteiger charge is 2.23. The number of carbonyl (C=O) groups excluding carboxylic acids is 1. The molecule has 0 atom stereocenters. The van der Waals surface area contributed by atoms with E-state index >= 15 is 0 Å². The molecule has 0 aliphatic carbocycles. The van der Waals surface area contributed by atoms with Gasteiger partial charge in [0.15, 0.2) is 16.6 Å². The van der Waals surface area contributed by atoms with Crippen LogP contribution in [0.1, 0.15) is 50.4 Å². The molecule has 0 spiro atoms. The van der Waals surface area contributed by atoms with Crippen LogP contribution in [0.3, 0.4) is 0 Å². The summed E-state index contributed by atoms with van der Waals surface area (Å²) in [5.41, 5.74) is 1.39. The van der Waals surface area contributed by atoms with Crippen molar-refractivity contribution in [2.24, 2.45) is 0 Å². The van der Waals surface area contributed by atoms with Gasteiger partial charge in [0.1, 0.15) is 5.75 Å². The van der Waals surface area contributed by atoms with Gasteiger partial charge in [-0.25, -0.2) is 4.98 Å². The standard InChI is InChI=1S/C27H37N3O4S.ClH/c1-6-9-10-17-34-21-13-11-20(12-14-21)26(31)30(16-15-29(7-2)8-3)27-28-22-18-23(32-4)24(33-5)19-25(22)35-27;/h11-14,18-19H,6-10,15-17H2,1-5H3;1H. The summed E-state index contributed by atoms with van der Waals surface area (Å²) < 4.78 is 17.6. The lowest BCUT2D eigenvalue weighted by Gasteiger charge is -2.24. The lowest BCUT2D eigenvalue weighted by molar-refractivity contribution is 0.0983. The quantitative estimate of drug-likeness (QED) is 0.226. The van der Waals surface area contributed by atoms with Gasteiger partial charge >= 0.3 is 0 Å². The number of carbonyl (C=O) groups is 1. The van der Waals surface area contributed by atoms with Crippen molar-refractivity contribution >= 4 is 45.0 Å². The fourth-order valence-corrected chi connectivity index (χ4v) is 4.82. The van der Waals surface area contributed by atoms with Crippen LogP contribution in [0.5, 0.6) is 17.2 Å². The Labute approximate surface area is 224 Å². The molecule has 3 aromatic rings. The fraction of sp³-hybridized carbons (Fsp3) is 0.481. The molecule has 0 unspecified atom stereocenters. The largest absolute Gasteiger partial charge is 0.494 e. The van der Waals surface area contributed by atoms with E-state index in [1.165, 1.54) is 11.3 Å². The number of fused-ring (bicyclic) bond motifs is 1. The fourth-order valence-electron chi connectivity index (χ4n) is 3.82. The van der Waals surface area contributed by atoms with E-state index < -0.39 is 0 Å². The topological polar surface area (TPSA) is 64.1 Å². The Kier molecular flexibility index (Phi) is 12.3. The van der Waals surface area contributed by atoms with Crippen molar-refractivity contribution in [2.75, 3.05) is 51.9 Å². The van der Waals surface area contributed by atoms with E-state index in [1.54, 1.807) is 19.1 Å². The Hall–Kier alpha value is -2.55. The number of thiazole rings is 1. The summed E-state index contributed by atoms with van der Waals surface area (Å²) in [6, 6.07) is 11.2. The van der Waals surface area contributed by atoms with Gasteiger partial charge in [0.25, 0.3) is 5.91 Å². The number of rotatable bonds is 14. The van der Waals surface area contributed by atoms with Crippen molar-refractivity contribution in [3.8, 4) is 17.2 Å². The molecule has 1 amide bonds. The zero-order valence-electron chi connectivity index (χ0n) is 21.9. The molecule has 0 N–H and O–H groups in total. The van der Waals surface area contributed by atoms with Crippen LogP contribution < -0.4 is 19.1 Å². The molecule has 0 fully saturated rings. The molecule has 0 radical (unpaired) electrons. The van der Waals surface area contributed by atoms with Crippen molar-refractivity contribution < 1.29 is 19.0 Å². The monoisotopic (exact) mass is 535 g/mol. The molecule has 2 aromatic carbocycles. The van der Waals surface area contributed by atoms with Crippen LogP contribution >= 0.6 is 23.7 Å². The molecule has 0 saturated carbocycles. The van der Waals surface area contributed by atoms with Crippen molar-refractivity contribution in [3.63, 3.8) is 0 Å². The first kappa shape index (κ1) is 29.7. The third-order valence-electron chi connectivity index (χ3n) is 6.01. The third-order valence-corrected chi connectivity index (χ3v) is 7.05. The van der Waals surface area contributed by atoms with Gasteiger partial charge in [-0.05, 0) is 43.8 Å². The maximum absolute atomic E-state index is 13.7. The van der Waals surface area contributed by atoms with E-state index in [1.807, 2.05) is 36.4 Å². The van der Waals surface area contributed by atoms with Gasteiger partial charge in [-0.3, -0.25) is 9.69 Å². The minimum Gasteiger partial charge on any atom is -0.494 e. The second-order valence-electron chi connectivity index (χ2n) is 8.23. The summed E-state index contributed by atoms with van der Waals surface area (Å²) in [6.45, 7) is 10.3. The van der Waals surface area contributed by atoms with Crippen LogP contribution in [0.4, 0.5) is 5.13 Å². The van der Waals surface area contributed by atoms with E-state index in [9.17, 15) is 4.79 Å². The Balaban J connectivity index is 0.00000456. The molecule has 3 rings (SSSR count). The van der Waals surface area contributed by atoms with Crippen LogP contribution in [0.25, 0.3) is 10.2 Å². The second kappa shape index (κ2) is 14.9. The van der Waals surface area contributed by atoms with E-state index in [0.29, 0.717) is 35.3 Å². The lowest BCUT2D eigenvalue weighted by Crippen LogP contribution is -2.38. The Morgan fingerprint density at radius 1 is 0.944 bits per heavy atom. The number of halogens is 1. The number of ether oxygens (including phenoxy) is 3. The van der Waals surface area contributed by atoms with Gasteiger partial charge in [0.2, 0.25) is 0 Å². The SMILES string of the molecule is CCCCCOc1ccc(C(=O)N(CCN(CC)CC)c2nc3cc(OC)c(OC)cc3s2)cc1.Cl. The molecule has 36 heavy (non-hydrogen) atoms. The molecule has 9 heteroatoms. The average molecular weight is 536 g/mol. The van der Waals surface area contributed by atoms with Crippen molar-refractivity contribution in [1.82, 2.24) is 9.88 Å². The highest BCUT2D eigenvalue weighted by Crippen LogP contribution is 2.37. The molecular formula is C27H38ClN3O4S. The minimum atomic E-state index is -0.0762. The Morgan fingerprint density at radius 3 is 2.22 bits per heavy atom. The molecule has 198 valence electrons. The minimum absolute atomic E-state index is 0. The number of unbranched alkanes of at least 4 members (excludes halogenated alkanes) is 2. The number of methoxy groups -OCH3 is 2. The van der Waals surface area contributed by atoms with Gasteiger partial charge in [-0.2, -0.15) is 0 Å². The van der Waals surface area contributed by atoms with Crippen molar-refractivity contribution in [1.29, 1.82) is 0 Å². The summed E-state index contributed by atoms with van der Waals surface area (Å²) >= 11 is 1.48. The first-order chi connectivity index (χ1) is 17.0. The van der Waals surface area contributed by atoms with Crippen LogP contribution in [0, 0.1) is 0 Å². The number of hydrogen-bond donors (Lipinski definition) is 0. The van der Waals surface area contributed by atoms with E-state index in [4.69, 9.17) is 19.2 Å². The summed E-state index contributed by atoms with van der Waals surface area (Å²) in [5, 5.41) is 0.660. The maximum atomic E-state index is 13.7. The highest BCUT2D eigenvalue weighted by molar-refractivity contribution is 7.22. The molecule has 0 aliphatic heterocycles. The summed E-state index contributed by atoms with van der Waals surface area (Å²) in [6.07, 6.45) is 3.34. The second-order valence-corrected chi connectivity index (χ2v) is 9.24. The van der Waals surface area contributed by atoms with Crippen LogP contribution in [-0.2, 0) is 0 Å². The van der Waals surface area contributed by atoms with Crippen molar-refractivity contribution in [3.05, 3.63) is 42.0 Å². The molecular weight excluding hydrogens is 498 g/mol. The predicted molar refractivity (Wildman–Crippen MR) is 151 cm³/mol. The number of nitrogens with zero attached hydrogens (tertiary/aromatic N) is 3. The molecule has 7 nitrogen and oxygen atoms in total.